The fraction of sp³-hybridized carbons (Fsp3) is 0.400. The molecule has 1 aromatic heterocycles. The van der Waals surface area contributed by atoms with E-state index in [2.05, 4.69) is 10.4 Å². The number of aromatic nitrogens is 1. The third kappa shape index (κ3) is 2.62. The topological polar surface area (TPSA) is 88.3 Å². The smallest absolute Gasteiger partial charge is 0.257 e. The lowest BCUT2D eigenvalue weighted by Gasteiger charge is -2.26. The number of carbonyl (C=O) groups is 1. The van der Waals surface area contributed by atoms with Gasteiger partial charge in [-0.1, -0.05) is 0 Å². The first-order chi connectivity index (χ1) is 8.22. The van der Waals surface area contributed by atoms with Gasteiger partial charge in [-0.15, -0.1) is 0 Å². The van der Waals surface area contributed by atoms with E-state index in [1.807, 2.05) is 0 Å². The Bertz CT molecular complexity index is 442. The Labute approximate surface area is 102 Å². The fourth-order valence-corrected chi connectivity index (χ4v) is 2.75. The third-order valence-electron chi connectivity index (χ3n) is 2.67. The van der Waals surface area contributed by atoms with Gasteiger partial charge in [0.05, 0.1) is 11.3 Å². The maximum atomic E-state index is 12.2. The largest absolute Gasteiger partial charge is 0.337 e. The predicted octanol–water partition coefficient (Wildman–Crippen LogP) is -0.428. The molecule has 92 valence electrons. The first-order valence-corrected chi connectivity index (χ1v) is 6.76. The lowest BCUT2D eigenvalue weighted by molar-refractivity contribution is 0.0772. The van der Waals surface area contributed by atoms with Gasteiger partial charge in [-0.25, -0.2) is 0 Å². The van der Waals surface area contributed by atoms with Crippen LogP contribution in [0.2, 0.25) is 0 Å². The maximum absolute atomic E-state index is 12.2. The molecule has 0 aliphatic carbocycles. The zero-order valence-corrected chi connectivity index (χ0v) is 10.1. The van der Waals surface area contributed by atoms with Crippen LogP contribution in [0, 0.1) is 0 Å². The van der Waals surface area contributed by atoms with Crippen LogP contribution in [0.25, 0.3) is 0 Å². The van der Waals surface area contributed by atoms with Gasteiger partial charge in [-0.3, -0.25) is 19.8 Å². The quantitative estimate of drug-likeness (QED) is 0.552. The van der Waals surface area contributed by atoms with Crippen molar-refractivity contribution in [2.24, 2.45) is 5.84 Å². The molecule has 0 aromatic carbocycles. The molecule has 0 saturated carbocycles. The number of nitrogens with two attached hydrogens (primary N) is 1. The van der Waals surface area contributed by atoms with Crippen molar-refractivity contribution < 1.29 is 9.00 Å². The summed E-state index contributed by atoms with van der Waals surface area (Å²) in [6, 6.07) is 1.65. The Balaban J connectivity index is 2.16. The summed E-state index contributed by atoms with van der Waals surface area (Å²) in [7, 11) is -0.791. The second kappa shape index (κ2) is 5.24. The number of hydrogen-bond acceptors (Lipinski definition) is 5. The number of nitrogens with one attached hydrogen (secondary N) is 1. The van der Waals surface area contributed by atoms with E-state index in [9.17, 15) is 9.00 Å². The van der Waals surface area contributed by atoms with Crippen molar-refractivity contribution in [3.8, 4) is 0 Å². The van der Waals surface area contributed by atoms with Crippen molar-refractivity contribution in [2.45, 2.75) is 0 Å². The Hall–Kier alpha value is -1.47. The van der Waals surface area contributed by atoms with Crippen molar-refractivity contribution in [3.63, 3.8) is 0 Å². The van der Waals surface area contributed by atoms with Crippen molar-refractivity contribution in [1.29, 1.82) is 0 Å². The minimum Gasteiger partial charge on any atom is -0.337 e. The summed E-state index contributed by atoms with van der Waals surface area (Å²) in [5.74, 6) is 6.30. The number of nitrogens with zero attached hydrogens (tertiary/aromatic N) is 2. The number of nitrogen functional groups attached to an aromatic ring is 1. The van der Waals surface area contributed by atoms with Crippen LogP contribution in [0.5, 0.6) is 0 Å². The maximum Gasteiger partial charge on any atom is 0.257 e. The van der Waals surface area contributed by atoms with Gasteiger partial charge in [0.15, 0.2) is 0 Å². The first-order valence-electron chi connectivity index (χ1n) is 5.27. The average molecular weight is 254 g/mol. The molecule has 2 heterocycles. The van der Waals surface area contributed by atoms with Gasteiger partial charge in [-0.2, -0.15) is 0 Å². The van der Waals surface area contributed by atoms with Crippen LogP contribution < -0.4 is 11.3 Å². The van der Waals surface area contributed by atoms with E-state index >= 15 is 0 Å². The minimum atomic E-state index is -0.791. The van der Waals surface area contributed by atoms with Gasteiger partial charge < -0.3 is 10.3 Å². The summed E-state index contributed by atoms with van der Waals surface area (Å²) in [5.41, 5.74) is 3.48. The molecule has 1 aliphatic heterocycles. The van der Waals surface area contributed by atoms with Crippen LogP contribution in [-0.4, -0.2) is 44.6 Å². The molecule has 1 amide bonds. The van der Waals surface area contributed by atoms with Crippen LogP contribution in [0.15, 0.2) is 18.5 Å². The molecule has 1 aromatic rings. The monoisotopic (exact) mass is 254 g/mol. The van der Waals surface area contributed by atoms with E-state index in [0.29, 0.717) is 35.8 Å². The van der Waals surface area contributed by atoms with Crippen LogP contribution in [-0.2, 0) is 10.8 Å². The second-order valence-electron chi connectivity index (χ2n) is 3.71. The number of carbonyl (C=O) groups excluding carboxylic acids is 1. The minimum absolute atomic E-state index is 0.122. The zero-order chi connectivity index (χ0) is 12.3. The number of amides is 1. The van der Waals surface area contributed by atoms with Crippen molar-refractivity contribution >= 4 is 22.4 Å². The predicted molar refractivity (Wildman–Crippen MR) is 65.8 cm³/mol. The van der Waals surface area contributed by atoms with Crippen LogP contribution in [0.3, 0.4) is 0 Å². The third-order valence-corrected chi connectivity index (χ3v) is 3.95. The van der Waals surface area contributed by atoms with E-state index in [1.165, 1.54) is 6.20 Å². The lowest BCUT2D eigenvalue weighted by Crippen LogP contribution is -2.42. The lowest BCUT2D eigenvalue weighted by atomic mass is 10.2. The molecular formula is C10H14N4O2S. The van der Waals surface area contributed by atoms with E-state index in [1.54, 1.807) is 17.2 Å². The molecule has 0 radical (unpaired) electrons. The molecule has 6 nitrogen and oxygen atoms in total. The number of anilines is 1. The Morgan fingerprint density at radius 3 is 2.82 bits per heavy atom. The number of pyridine rings is 1. The molecule has 1 aliphatic rings. The molecule has 17 heavy (non-hydrogen) atoms. The molecule has 0 spiro atoms. The highest BCUT2D eigenvalue weighted by Gasteiger charge is 2.23. The molecule has 0 unspecified atom stereocenters. The molecule has 0 atom stereocenters. The fourth-order valence-electron chi connectivity index (χ4n) is 1.70. The van der Waals surface area contributed by atoms with Crippen molar-refractivity contribution in [2.75, 3.05) is 30.0 Å². The number of rotatable bonds is 2. The van der Waals surface area contributed by atoms with Gasteiger partial charge in [-0.05, 0) is 6.07 Å². The Morgan fingerprint density at radius 1 is 1.47 bits per heavy atom. The van der Waals surface area contributed by atoms with Crippen LogP contribution in [0.4, 0.5) is 5.69 Å². The van der Waals surface area contributed by atoms with Gasteiger partial charge in [0.25, 0.3) is 5.91 Å². The Kier molecular flexibility index (Phi) is 3.70. The molecule has 2 rings (SSSR count). The summed E-state index contributed by atoms with van der Waals surface area (Å²) in [4.78, 5) is 17.8. The normalized spacial score (nSPS) is 16.9. The molecular weight excluding hydrogens is 240 g/mol. The van der Waals surface area contributed by atoms with Crippen LogP contribution in [0.1, 0.15) is 10.4 Å². The summed E-state index contributed by atoms with van der Waals surface area (Å²) in [5, 5.41) is 0. The highest BCUT2D eigenvalue weighted by Crippen LogP contribution is 2.15. The highest BCUT2D eigenvalue weighted by atomic mass is 32.2. The number of hydrogen-bond donors (Lipinski definition) is 2. The van der Waals surface area contributed by atoms with Gasteiger partial charge in [0.2, 0.25) is 0 Å². The van der Waals surface area contributed by atoms with Gasteiger partial charge in [0, 0.05) is 47.8 Å². The molecule has 1 fully saturated rings. The van der Waals surface area contributed by atoms with Crippen molar-refractivity contribution in [3.05, 3.63) is 24.0 Å². The SMILES string of the molecule is NNc1ccncc1C(=O)N1CCS(=O)CC1. The average Bonchev–Trinajstić information content (AvgIpc) is 2.39. The standard InChI is InChI=1S/C10H14N4O2S/c11-13-9-1-2-12-7-8(9)10(15)14-3-5-17(16)6-4-14/h1-2,7H,3-6,11H2,(H,12,13). The van der Waals surface area contributed by atoms with E-state index in [0.717, 1.165) is 0 Å². The summed E-state index contributed by atoms with van der Waals surface area (Å²) in [6.45, 7) is 1.04. The zero-order valence-electron chi connectivity index (χ0n) is 9.26. The Morgan fingerprint density at radius 2 is 2.18 bits per heavy atom. The molecule has 7 heteroatoms. The molecule has 1 saturated heterocycles. The van der Waals surface area contributed by atoms with Crippen molar-refractivity contribution in [1.82, 2.24) is 9.88 Å². The van der Waals surface area contributed by atoms with E-state index in [-0.39, 0.29) is 5.91 Å². The summed E-state index contributed by atoms with van der Waals surface area (Å²) < 4.78 is 11.2. The summed E-state index contributed by atoms with van der Waals surface area (Å²) >= 11 is 0. The number of hydrazine groups is 1. The van der Waals surface area contributed by atoms with Crippen LogP contribution >= 0.6 is 0 Å². The highest BCUT2D eigenvalue weighted by molar-refractivity contribution is 7.85. The van der Waals surface area contributed by atoms with Gasteiger partial charge in [0.1, 0.15) is 0 Å². The summed E-state index contributed by atoms with van der Waals surface area (Å²) in [6.07, 6.45) is 3.06. The molecule has 3 N–H and O–H groups in total. The van der Waals surface area contributed by atoms with E-state index in [4.69, 9.17) is 5.84 Å². The second-order valence-corrected chi connectivity index (χ2v) is 5.40. The first kappa shape index (κ1) is 12.0. The molecule has 0 bridgehead atoms. The van der Waals surface area contributed by atoms with E-state index < -0.39 is 10.8 Å². The van der Waals surface area contributed by atoms with Gasteiger partial charge >= 0.3 is 0 Å².